The van der Waals surface area contributed by atoms with Gasteiger partial charge in [-0.1, -0.05) is 5.16 Å². The van der Waals surface area contributed by atoms with Crippen molar-refractivity contribution in [2.45, 2.75) is 19.0 Å². The van der Waals surface area contributed by atoms with Gasteiger partial charge in [0.1, 0.15) is 6.33 Å². The first-order valence-electron chi connectivity index (χ1n) is 9.00. The number of fused-ring (bicyclic) bond motifs is 1. The van der Waals surface area contributed by atoms with Gasteiger partial charge in [0, 0.05) is 54.8 Å². The summed E-state index contributed by atoms with van der Waals surface area (Å²) in [5, 5.41) is 10.7. The van der Waals surface area contributed by atoms with Gasteiger partial charge in [0.05, 0.1) is 11.9 Å². The summed E-state index contributed by atoms with van der Waals surface area (Å²) >= 11 is 0. The van der Waals surface area contributed by atoms with Crippen LogP contribution >= 0.6 is 0 Å². The van der Waals surface area contributed by atoms with Crippen molar-refractivity contribution in [2.24, 2.45) is 0 Å². The third kappa shape index (κ3) is 5.41. The van der Waals surface area contributed by atoms with Gasteiger partial charge in [-0.3, -0.25) is 9.78 Å². The second-order valence-corrected chi connectivity index (χ2v) is 6.36. The van der Waals surface area contributed by atoms with Crippen molar-refractivity contribution in [3.63, 3.8) is 0 Å². The molecule has 0 atom stereocenters. The third-order valence-corrected chi connectivity index (χ3v) is 4.42. The predicted molar refractivity (Wildman–Crippen MR) is 98.8 cm³/mol. The highest BCUT2D eigenvalue weighted by molar-refractivity contribution is 5.91. The molecule has 0 unspecified atom stereocenters. The molecular weight excluding hydrogens is 419 g/mol. The maximum absolute atomic E-state index is 12.5. The lowest BCUT2D eigenvalue weighted by Crippen LogP contribution is -2.33. The van der Waals surface area contributed by atoms with Gasteiger partial charge >= 0.3 is 12.1 Å². The van der Waals surface area contributed by atoms with Crippen molar-refractivity contribution in [2.75, 3.05) is 13.1 Å². The van der Waals surface area contributed by atoms with E-state index in [4.69, 9.17) is 14.4 Å². The van der Waals surface area contributed by atoms with E-state index in [1.807, 2.05) is 12.1 Å². The van der Waals surface area contributed by atoms with E-state index in [1.165, 1.54) is 6.20 Å². The van der Waals surface area contributed by atoms with Gasteiger partial charge in [0.2, 0.25) is 5.76 Å². The molecule has 0 radical (unpaired) electrons. The zero-order chi connectivity index (χ0) is 22.4. The number of carbonyl (C=O) groups is 2. The summed E-state index contributed by atoms with van der Waals surface area (Å²) in [4.78, 5) is 36.1. The number of carboxylic acids is 1. The van der Waals surface area contributed by atoms with Gasteiger partial charge in [-0.25, -0.2) is 14.8 Å². The quantitative estimate of drug-likeness (QED) is 0.651. The van der Waals surface area contributed by atoms with Gasteiger partial charge in [-0.05, 0) is 18.6 Å². The molecule has 3 aromatic heterocycles. The molecule has 1 N–H and O–H groups in total. The average Bonchev–Trinajstić information content (AvgIpc) is 3.20. The largest absolute Gasteiger partial charge is 0.490 e. The van der Waals surface area contributed by atoms with Crippen LogP contribution in [0.3, 0.4) is 0 Å². The van der Waals surface area contributed by atoms with Crippen molar-refractivity contribution in [1.29, 1.82) is 0 Å². The van der Waals surface area contributed by atoms with Crippen LogP contribution in [0.2, 0.25) is 0 Å². The maximum atomic E-state index is 12.5. The summed E-state index contributed by atoms with van der Waals surface area (Å²) in [5.41, 5.74) is 4.01. The van der Waals surface area contributed by atoms with Crippen LogP contribution < -0.4 is 0 Å². The van der Waals surface area contributed by atoms with Crippen LogP contribution in [-0.4, -0.2) is 61.3 Å². The second kappa shape index (κ2) is 9.32. The van der Waals surface area contributed by atoms with Crippen LogP contribution in [0.15, 0.2) is 47.6 Å². The molecule has 1 aliphatic heterocycles. The number of hydrogen-bond acceptors (Lipinski definition) is 7. The molecule has 0 aliphatic carbocycles. The summed E-state index contributed by atoms with van der Waals surface area (Å²) in [7, 11) is 0. The number of amides is 1. The van der Waals surface area contributed by atoms with E-state index in [0.717, 1.165) is 22.5 Å². The lowest BCUT2D eigenvalue weighted by Gasteiger charge is -2.18. The number of nitrogens with zero attached hydrogens (tertiary/aromatic N) is 5. The van der Waals surface area contributed by atoms with Crippen LogP contribution in [0, 0.1) is 0 Å². The van der Waals surface area contributed by atoms with Crippen LogP contribution in [0.25, 0.3) is 11.3 Å². The number of halogens is 3. The summed E-state index contributed by atoms with van der Waals surface area (Å²) in [6, 6.07) is 5.46. The predicted octanol–water partition coefficient (Wildman–Crippen LogP) is 2.40. The zero-order valence-corrected chi connectivity index (χ0v) is 15.9. The number of aromatic nitrogens is 4. The topological polar surface area (TPSA) is 122 Å². The Kier molecular flexibility index (Phi) is 6.58. The molecule has 1 amide bonds. The smallest absolute Gasteiger partial charge is 0.475 e. The summed E-state index contributed by atoms with van der Waals surface area (Å²) in [6.07, 6.45) is 2.87. The van der Waals surface area contributed by atoms with Crippen LogP contribution in [0.5, 0.6) is 0 Å². The number of carboxylic acid groups (broad SMARTS) is 1. The van der Waals surface area contributed by atoms with Gasteiger partial charge in [0.25, 0.3) is 5.91 Å². The molecule has 9 nitrogen and oxygen atoms in total. The van der Waals surface area contributed by atoms with Crippen LogP contribution in [0.1, 0.15) is 21.8 Å². The van der Waals surface area contributed by atoms with Crippen molar-refractivity contribution in [3.05, 3.63) is 60.1 Å². The Morgan fingerprint density at radius 1 is 1.03 bits per heavy atom. The van der Waals surface area contributed by atoms with Crippen LogP contribution in [-0.2, 0) is 17.6 Å². The first kappa shape index (κ1) is 21.9. The van der Waals surface area contributed by atoms with E-state index in [2.05, 4.69) is 20.1 Å². The molecular formula is C19H16F3N5O4. The van der Waals surface area contributed by atoms with Crippen LogP contribution in [0.4, 0.5) is 13.2 Å². The van der Waals surface area contributed by atoms with E-state index in [-0.39, 0.29) is 11.7 Å². The molecule has 0 aromatic carbocycles. The molecule has 4 heterocycles. The van der Waals surface area contributed by atoms with Gasteiger partial charge in [0.15, 0.2) is 0 Å². The highest BCUT2D eigenvalue weighted by atomic mass is 19.4. The number of hydrogen-bond donors (Lipinski definition) is 1. The summed E-state index contributed by atoms with van der Waals surface area (Å²) in [6.45, 7) is 1.19. The highest BCUT2D eigenvalue weighted by Gasteiger charge is 2.38. The fourth-order valence-electron chi connectivity index (χ4n) is 2.97. The molecule has 0 bridgehead atoms. The first-order valence-corrected chi connectivity index (χ1v) is 9.00. The first-order chi connectivity index (χ1) is 14.8. The lowest BCUT2D eigenvalue weighted by molar-refractivity contribution is -0.192. The number of carbonyl (C=O) groups excluding carboxylic acids is 1. The molecule has 0 spiro atoms. The SMILES string of the molecule is O=C(O)C(F)(F)F.O=C(c1ccno1)N1CCc2ncnc(-c3ccncc3)c2CC1. The minimum Gasteiger partial charge on any atom is -0.475 e. The van der Waals surface area contributed by atoms with E-state index >= 15 is 0 Å². The molecule has 1 aliphatic rings. The fraction of sp³-hybridized carbons (Fsp3) is 0.263. The van der Waals surface area contributed by atoms with Gasteiger partial charge < -0.3 is 14.5 Å². The Morgan fingerprint density at radius 2 is 1.71 bits per heavy atom. The Morgan fingerprint density at radius 3 is 2.32 bits per heavy atom. The van der Waals surface area contributed by atoms with E-state index < -0.39 is 12.1 Å². The maximum Gasteiger partial charge on any atom is 0.490 e. The van der Waals surface area contributed by atoms with Crippen molar-refractivity contribution >= 4 is 11.9 Å². The molecule has 3 aromatic rings. The highest BCUT2D eigenvalue weighted by Crippen LogP contribution is 2.25. The average molecular weight is 435 g/mol. The molecule has 0 saturated carbocycles. The molecule has 0 fully saturated rings. The van der Waals surface area contributed by atoms with Crippen molar-refractivity contribution in [3.8, 4) is 11.3 Å². The monoisotopic (exact) mass is 435 g/mol. The molecule has 12 heteroatoms. The Hall–Kier alpha value is -3.83. The Labute approximate surface area is 173 Å². The molecule has 4 rings (SSSR count). The zero-order valence-electron chi connectivity index (χ0n) is 15.9. The van der Waals surface area contributed by atoms with Crippen molar-refractivity contribution < 1.29 is 32.4 Å². The molecule has 0 saturated heterocycles. The van der Waals surface area contributed by atoms with E-state index in [9.17, 15) is 18.0 Å². The van der Waals surface area contributed by atoms with Crippen molar-refractivity contribution in [1.82, 2.24) is 25.0 Å². The van der Waals surface area contributed by atoms with E-state index in [0.29, 0.717) is 25.9 Å². The van der Waals surface area contributed by atoms with Gasteiger partial charge in [-0.15, -0.1) is 0 Å². The fourth-order valence-corrected chi connectivity index (χ4v) is 2.97. The third-order valence-electron chi connectivity index (χ3n) is 4.42. The minimum absolute atomic E-state index is 0.140. The number of aliphatic carboxylic acids is 1. The summed E-state index contributed by atoms with van der Waals surface area (Å²) < 4.78 is 36.7. The molecule has 31 heavy (non-hydrogen) atoms. The Bertz CT molecular complexity index is 1040. The Balaban J connectivity index is 0.000000339. The molecule has 162 valence electrons. The standard InChI is InChI=1S/C17H15N5O2.C2HF3O2/c23-17(15-3-8-21-24-15)22-9-4-13-14(5-10-22)19-11-20-16(13)12-1-6-18-7-2-12;3-2(4,5)1(6)7/h1-3,6-8,11H,4-5,9-10H2;(H,6,7). The normalized spacial score (nSPS) is 13.5. The number of alkyl halides is 3. The van der Waals surface area contributed by atoms with Gasteiger partial charge in [-0.2, -0.15) is 13.2 Å². The number of rotatable bonds is 2. The van der Waals surface area contributed by atoms with E-state index in [1.54, 1.807) is 29.7 Å². The minimum atomic E-state index is -5.08. The lowest BCUT2D eigenvalue weighted by atomic mass is 10.0. The second-order valence-electron chi connectivity index (χ2n) is 6.36. The number of pyridine rings is 1. The summed E-state index contributed by atoms with van der Waals surface area (Å²) in [5.74, 6) is -2.63.